The van der Waals surface area contributed by atoms with Gasteiger partial charge < -0.3 is 20.3 Å². The number of hydrogen-bond acceptors (Lipinski definition) is 7. The van der Waals surface area contributed by atoms with Crippen LogP contribution in [-0.2, 0) is 0 Å². The summed E-state index contributed by atoms with van der Waals surface area (Å²) in [7, 11) is 0. The van der Waals surface area contributed by atoms with Crippen molar-refractivity contribution in [2.75, 3.05) is 29.9 Å². The van der Waals surface area contributed by atoms with E-state index in [1.54, 1.807) is 12.1 Å². The largest absolute Gasteiger partial charge is 0.492 e. The molecule has 0 unspecified atom stereocenters. The maximum absolute atomic E-state index is 15.0. The van der Waals surface area contributed by atoms with Gasteiger partial charge in [-0.25, -0.2) is 23.7 Å². The number of aromatic nitrogens is 3. The minimum absolute atomic E-state index is 0.0886. The molecule has 2 aromatic heterocycles. The van der Waals surface area contributed by atoms with Crippen LogP contribution in [0.3, 0.4) is 0 Å². The molecule has 6 rings (SSSR count). The fourth-order valence-electron chi connectivity index (χ4n) is 4.42. The highest BCUT2D eigenvalue weighted by atomic mass is 35.5. The van der Waals surface area contributed by atoms with Crippen LogP contribution in [0.1, 0.15) is 19.3 Å². The normalized spacial score (nSPS) is 22.0. The van der Waals surface area contributed by atoms with Crippen LogP contribution in [0, 0.1) is 17.6 Å². The SMILES string of the molecule is Fc1cc2ncnc(Nc3ccc(OCC4CC4)c(Cl)c3F)c2nc1N1C[C@@H]2C[C@H]1CN2. The highest BCUT2D eigenvalue weighted by molar-refractivity contribution is 6.32. The number of ether oxygens (including phenoxy) is 1. The first kappa shape index (κ1) is 19.9. The van der Waals surface area contributed by atoms with Gasteiger partial charge in [-0.15, -0.1) is 0 Å². The highest BCUT2D eigenvalue weighted by Gasteiger charge is 2.39. The molecule has 2 saturated heterocycles. The maximum Gasteiger partial charge on any atom is 0.169 e. The average Bonchev–Trinajstić information content (AvgIpc) is 3.38. The van der Waals surface area contributed by atoms with Crippen molar-refractivity contribution < 1.29 is 13.5 Å². The molecule has 3 fully saturated rings. The first-order chi connectivity index (χ1) is 15.6. The van der Waals surface area contributed by atoms with E-state index in [1.165, 1.54) is 12.4 Å². The van der Waals surface area contributed by atoms with E-state index in [2.05, 4.69) is 25.6 Å². The van der Waals surface area contributed by atoms with Crippen LogP contribution < -0.4 is 20.3 Å². The lowest BCUT2D eigenvalue weighted by molar-refractivity contribution is 0.298. The lowest BCUT2D eigenvalue weighted by Crippen LogP contribution is -2.44. The van der Waals surface area contributed by atoms with Gasteiger partial charge in [0, 0.05) is 31.2 Å². The van der Waals surface area contributed by atoms with Crippen molar-refractivity contribution in [1.82, 2.24) is 20.3 Å². The minimum Gasteiger partial charge on any atom is -0.492 e. The van der Waals surface area contributed by atoms with E-state index in [9.17, 15) is 8.78 Å². The number of anilines is 3. The molecule has 32 heavy (non-hydrogen) atoms. The third-order valence-corrected chi connectivity index (χ3v) is 6.70. The summed E-state index contributed by atoms with van der Waals surface area (Å²) < 4.78 is 35.5. The minimum atomic E-state index is -0.642. The summed E-state index contributed by atoms with van der Waals surface area (Å²) in [6, 6.07) is 5.08. The lowest BCUT2D eigenvalue weighted by Gasteiger charge is -2.28. The number of benzene rings is 1. The molecule has 1 aromatic carbocycles. The predicted octanol–water partition coefficient (Wildman–Crippen LogP) is 4.04. The van der Waals surface area contributed by atoms with Crippen molar-refractivity contribution in [3.63, 3.8) is 0 Å². The third-order valence-electron chi connectivity index (χ3n) is 6.35. The van der Waals surface area contributed by atoms with E-state index >= 15 is 0 Å². The molecule has 1 aliphatic carbocycles. The second-order valence-corrected chi connectivity index (χ2v) is 9.03. The Morgan fingerprint density at radius 1 is 1.25 bits per heavy atom. The summed E-state index contributed by atoms with van der Waals surface area (Å²) in [4.78, 5) is 14.9. The number of nitrogens with one attached hydrogen (secondary N) is 2. The monoisotopic (exact) mass is 458 g/mol. The molecule has 0 radical (unpaired) electrons. The van der Waals surface area contributed by atoms with Gasteiger partial charge in [-0.2, -0.15) is 0 Å². The smallest absolute Gasteiger partial charge is 0.169 e. The van der Waals surface area contributed by atoms with E-state index in [1.807, 2.05) is 4.90 Å². The highest BCUT2D eigenvalue weighted by Crippen LogP contribution is 2.37. The summed E-state index contributed by atoms with van der Waals surface area (Å²) in [5, 5.41) is 6.26. The van der Waals surface area contributed by atoms with Crippen LogP contribution in [0.4, 0.5) is 26.1 Å². The molecule has 4 heterocycles. The Bertz CT molecular complexity index is 1210. The van der Waals surface area contributed by atoms with Gasteiger partial charge in [0.25, 0.3) is 0 Å². The lowest BCUT2D eigenvalue weighted by atomic mass is 10.2. The molecule has 2 bridgehead atoms. The standard InChI is InChI=1S/C22H21ClF2N6O/c23-18-17(32-9-11-1-2-11)4-3-15(19(18)25)29-21-20-16(27-10-28-21)6-14(24)22(30-20)31-8-12-5-13(31)7-26-12/h3-4,6,10-13,26H,1-2,5,7-9H2,(H,27,28,29)/t12-,13-/m0/s1. The van der Waals surface area contributed by atoms with Crippen LogP contribution in [0.15, 0.2) is 24.5 Å². The van der Waals surface area contributed by atoms with E-state index in [-0.39, 0.29) is 28.4 Å². The molecule has 1 saturated carbocycles. The van der Waals surface area contributed by atoms with Crippen molar-refractivity contribution in [3.8, 4) is 5.75 Å². The van der Waals surface area contributed by atoms with Gasteiger partial charge in [0.15, 0.2) is 23.3 Å². The number of nitrogens with zero attached hydrogens (tertiary/aromatic N) is 4. The molecule has 0 spiro atoms. The Morgan fingerprint density at radius 2 is 2.12 bits per heavy atom. The predicted molar refractivity (Wildman–Crippen MR) is 118 cm³/mol. The topological polar surface area (TPSA) is 75.2 Å². The first-order valence-corrected chi connectivity index (χ1v) is 11.1. The van der Waals surface area contributed by atoms with Crippen LogP contribution >= 0.6 is 11.6 Å². The molecule has 2 atom stereocenters. The summed E-state index contributed by atoms with van der Waals surface area (Å²) in [6.45, 7) is 2.04. The van der Waals surface area contributed by atoms with Gasteiger partial charge in [0.2, 0.25) is 0 Å². The third kappa shape index (κ3) is 3.49. The Hall–Kier alpha value is -2.78. The van der Waals surface area contributed by atoms with E-state index in [4.69, 9.17) is 16.3 Å². The van der Waals surface area contributed by atoms with Crippen LogP contribution in [-0.4, -0.2) is 46.7 Å². The van der Waals surface area contributed by atoms with Crippen molar-refractivity contribution in [1.29, 1.82) is 0 Å². The van der Waals surface area contributed by atoms with Gasteiger partial charge in [-0.05, 0) is 37.3 Å². The Morgan fingerprint density at radius 3 is 2.88 bits per heavy atom. The average molecular weight is 459 g/mol. The second kappa shape index (κ2) is 7.67. The quantitative estimate of drug-likeness (QED) is 0.577. The summed E-state index contributed by atoms with van der Waals surface area (Å²) in [6.07, 6.45) is 4.52. The summed E-state index contributed by atoms with van der Waals surface area (Å²) in [5.74, 6) is 0.320. The van der Waals surface area contributed by atoms with Crippen molar-refractivity contribution in [3.05, 3.63) is 41.2 Å². The molecule has 166 valence electrons. The van der Waals surface area contributed by atoms with E-state index < -0.39 is 11.6 Å². The van der Waals surface area contributed by atoms with E-state index in [0.717, 1.165) is 25.8 Å². The number of halogens is 3. The Balaban J connectivity index is 1.33. The first-order valence-electron chi connectivity index (χ1n) is 10.8. The second-order valence-electron chi connectivity index (χ2n) is 8.65. The zero-order valence-corrected chi connectivity index (χ0v) is 17.9. The molecule has 10 heteroatoms. The van der Waals surface area contributed by atoms with Gasteiger partial charge >= 0.3 is 0 Å². The van der Waals surface area contributed by atoms with Crippen LogP contribution in [0.25, 0.3) is 11.0 Å². The van der Waals surface area contributed by atoms with Crippen molar-refractivity contribution in [2.24, 2.45) is 5.92 Å². The maximum atomic E-state index is 15.0. The molecule has 0 amide bonds. The molecule has 2 aliphatic heterocycles. The molecule has 7 nitrogen and oxygen atoms in total. The van der Waals surface area contributed by atoms with Crippen LogP contribution in [0.5, 0.6) is 5.75 Å². The fourth-order valence-corrected chi connectivity index (χ4v) is 4.64. The number of rotatable bonds is 6. The van der Waals surface area contributed by atoms with Gasteiger partial charge in [-0.1, -0.05) is 11.6 Å². The molecular formula is C22H21ClF2N6O. The summed E-state index contributed by atoms with van der Waals surface area (Å²) in [5.41, 5.74) is 0.831. The Kier molecular flexibility index (Phi) is 4.76. The molecule has 3 aromatic rings. The number of fused-ring (bicyclic) bond motifs is 3. The number of piperazine rings is 1. The summed E-state index contributed by atoms with van der Waals surface area (Å²) >= 11 is 6.20. The zero-order valence-electron chi connectivity index (χ0n) is 17.1. The zero-order chi connectivity index (χ0) is 21.8. The fraction of sp³-hybridized carbons (Fsp3) is 0.409. The van der Waals surface area contributed by atoms with Crippen molar-refractivity contribution in [2.45, 2.75) is 31.3 Å². The number of pyridine rings is 1. The van der Waals surface area contributed by atoms with Crippen LogP contribution in [0.2, 0.25) is 5.02 Å². The van der Waals surface area contributed by atoms with Gasteiger partial charge in [0.1, 0.15) is 22.6 Å². The van der Waals surface area contributed by atoms with Gasteiger partial charge in [-0.3, -0.25) is 0 Å². The van der Waals surface area contributed by atoms with Gasteiger partial charge in [0.05, 0.1) is 17.8 Å². The van der Waals surface area contributed by atoms with E-state index in [0.29, 0.717) is 41.9 Å². The molecule has 2 N–H and O–H groups in total. The number of hydrogen-bond donors (Lipinski definition) is 2. The Labute approximate surface area is 188 Å². The van der Waals surface area contributed by atoms with Crippen molar-refractivity contribution >= 4 is 40.0 Å². The molecular weight excluding hydrogens is 438 g/mol. The molecule has 3 aliphatic rings.